The Morgan fingerprint density at radius 2 is 1.34 bits per heavy atom. The Morgan fingerprint density at radius 3 is 1.94 bits per heavy atom. The number of halogens is 1. The molecule has 1 aliphatic heterocycles. The fourth-order valence-electron chi connectivity index (χ4n) is 8.36. The number of nitrogens with one attached hydrogen (secondary N) is 3. The number of hydrogen-bond donors (Lipinski definition) is 11. The minimum Gasteiger partial charge on any atom is -0.480 e. The maximum absolute atomic E-state index is 12.7. The Labute approximate surface area is 474 Å². The topological polar surface area (TPSA) is 458 Å². The van der Waals surface area contributed by atoms with Crippen LogP contribution >= 0.6 is 35.1 Å². The number of carboxylic acid groups (broad SMARTS) is 2. The third-order valence-corrected chi connectivity index (χ3v) is 16.5. The zero-order chi connectivity index (χ0) is 59.8. The van der Waals surface area contributed by atoms with E-state index in [2.05, 4.69) is 67.4 Å². The molecule has 1 aromatic carbocycles. The van der Waals surface area contributed by atoms with E-state index in [1.807, 2.05) is 42.5 Å². The van der Waals surface area contributed by atoms with Crippen molar-refractivity contribution >= 4 is 81.4 Å². The van der Waals surface area contributed by atoms with Crippen LogP contribution in [0.5, 0.6) is 0 Å². The van der Waals surface area contributed by atoms with E-state index in [1.54, 1.807) is 30.3 Å². The van der Waals surface area contributed by atoms with E-state index in [9.17, 15) is 63.2 Å². The van der Waals surface area contributed by atoms with E-state index in [0.717, 1.165) is 40.8 Å². The molecule has 0 aliphatic carbocycles. The predicted octanol–water partition coefficient (Wildman–Crippen LogP) is 3.99. The van der Waals surface area contributed by atoms with Crippen molar-refractivity contribution < 1.29 is 80.8 Å². The van der Waals surface area contributed by atoms with Crippen LogP contribution in [0.4, 0.5) is 23.3 Å². The van der Waals surface area contributed by atoms with Gasteiger partial charge in [0.05, 0.1) is 66.8 Å². The highest BCUT2D eigenvalue weighted by molar-refractivity contribution is 7.66. The summed E-state index contributed by atoms with van der Waals surface area (Å²) in [5, 5.41) is 45.7. The number of aromatic amines is 1. The molecule has 1 aliphatic rings. The fraction of sp³-hybridized carbons (Fsp3) is 0.319. The van der Waals surface area contributed by atoms with Crippen LogP contribution in [-0.4, -0.2) is 166 Å². The van der Waals surface area contributed by atoms with E-state index < -0.39 is 91.8 Å². The number of pyridine rings is 3. The molecular weight excluding hydrogens is 1180 g/mol. The summed E-state index contributed by atoms with van der Waals surface area (Å²) in [7, 11) is -17.1. The van der Waals surface area contributed by atoms with Gasteiger partial charge >= 0.3 is 35.4 Å². The number of fused-ring (bicyclic) bond motifs is 1. The van der Waals surface area contributed by atoms with Crippen molar-refractivity contribution in [3.05, 3.63) is 112 Å². The lowest BCUT2D eigenvalue weighted by Crippen LogP contribution is -2.34. The summed E-state index contributed by atoms with van der Waals surface area (Å²) in [6, 6.07) is 23.2. The number of hydrogen-bond acceptors (Lipinski definition) is 25. The number of nitrogens with zero attached hydrogens (tertiary/aromatic N) is 10. The smallest absolute Gasteiger partial charge is 0.480 e. The van der Waals surface area contributed by atoms with Crippen molar-refractivity contribution in [1.29, 1.82) is 0 Å². The van der Waals surface area contributed by atoms with Gasteiger partial charge < -0.3 is 56.2 Å². The molecule has 32 nitrogen and oxygen atoms in total. The summed E-state index contributed by atoms with van der Waals surface area (Å²) in [5.74, 6) is -2.40. The third kappa shape index (κ3) is 16.8. The predicted molar refractivity (Wildman–Crippen MR) is 294 cm³/mol. The third-order valence-electron chi connectivity index (χ3n) is 12.1. The second kappa shape index (κ2) is 26.7. The SMILES string of the molecule is CCN(CC)Cc1cccc(-c2cc(-c3ccc(Nc4cc(NCCOP(=O)(O)OP(=O)(O)OP(=O)(O)OC[C@H]5O[C@@H](n6cnc7c(=O)[nH]c(N)nc76)C(O)[C@H]5O)nc(Cl)n4)cc3)cc(-c3cccc(CN(CC(=O)O)CC(=O)O)n3)n2)n1. The number of carboxylic acids is 2. The quantitative estimate of drug-likeness (QED) is 0.0188. The first-order valence-electron chi connectivity index (χ1n) is 24.8. The van der Waals surface area contributed by atoms with Gasteiger partial charge in [-0.1, -0.05) is 38.1 Å². The number of carbonyl (C=O) groups is 2. The molecule has 442 valence electrons. The first-order chi connectivity index (χ1) is 39.3. The molecule has 36 heteroatoms. The Kier molecular flexibility index (Phi) is 19.9. The summed E-state index contributed by atoms with van der Waals surface area (Å²) in [4.78, 5) is 102. The number of phosphoric ester groups is 2. The Balaban J connectivity index is 0.882. The number of aliphatic hydroxyl groups excluding tert-OH is 2. The number of anilines is 4. The number of H-pyrrole nitrogens is 1. The number of nitrogens with two attached hydrogens (primary N) is 1. The van der Waals surface area contributed by atoms with Crippen molar-refractivity contribution in [3.63, 3.8) is 0 Å². The standard InChI is InChI=1S/C47H54ClN14O18P3/c1-3-60(4-2)20-29-7-5-9-31(52-29)33-17-27(18-34(55-33)32-10-6-8-30(53-32)21-61(22-38(63)64)23-39(65)66)26-11-13-28(14-12-26)54-37-19-36(56-46(48)57-37)50-15-16-76-81(70,71)79-83(74,75)80-82(72,73)77-24-35-41(67)42(68)45(78-35)62-25-51-40-43(62)58-47(49)59-44(40)69/h5-14,17-19,25,35,41-42,45,67-68H,3-4,15-16,20-24H2,1-2H3,(H,63,64)(H,65,66)(H,70,71)(H,72,73)(H,74,75)(H3,49,58,59,69)(H2,50,54,56,57)/t35-,41+,42?,45-/m1/s1. The molecule has 7 heterocycles. The molecule has 12 N–H and O–H groups in total. The molecule has 6 aromatic heterocycles. The monoisotopic (exact) mass is 1230 g/mol. The van der Waals surface area contributed by atoms with Gasteiger partial charge in [-0.25, -0.2) is 43.6 Å². The first-order valence-corrected chi connectivity index (χ1v) is 29.6. The maximum Gasteiger partial charge on any atom is 0.490 e. The number of nitrogen functional groups attached to an aromatic ring is 1. The second-order valence-electron chi connectivity index (χ2n) is 18.1. The van der Waals surface area contributed by atoms with Crippen molar-refractivity contribution in [2.75, 3.05) is 62.3 Å². The van der Waals surface area contributed by atoms with Gasteiger partial charge in [-0.3, -0.25) is 42.8 Å². The molecule has 0 radical (unpaired) electrons. The van der Waals surface area contributed by atoms with Crippen LogP contribution in [0.1, 0.15) is 31.5 Å². The van der Waals surface area contributed by atoms with Crippen LogP contribution in [0.3, 0.4) is 0 Å². The highest BCUT2D eigenvalue weighted by atomic mass is 35.5. The number of aliphatic hydroxyl groups is 2. The zero-order valence-electron chi connectivity index (χ0n) is 43.6. The molecule has 0 saturated carbocycles. The summed E-state index contributed by atoms with van der Waals surface area (Å²) >= 11 is 6.23. The number of rotatable bonds is 28. The molecule has 0 spiro atoms. The molecule has 0 amide bonds. The lowest BCUT2D eigenvalue weighted by molar-refractivity contribution is -0.142. The molecule has 1 fully saturated rings. The molecule has 7 atom stereocenters. The lowest BCUT2D eigenvalue weighted by Gasteiger charge is -2.20. The second-order valence-corrected chi connectivity index (χ2v) is 23.1. The lowest BCUT2D eigenvalue weighted by atomic mass is 10.0. The molecule has 7 aromatic rings. The summed E-state index contributed by atoms with van der Waals surface area (Å²) in [6.07, 6.45) is -5.62. The Morgan fingerprint density at radius 1 is 0.747 bits per heavy atom. The van der Waals surface area contributed by atoms with Crippen LogP contribution in [-0.2, 0) is 58.8 Å². The van der Waals surface area contributed by atoms with Crippen molar-refractivity contribution in [3.8, 4) is 33.9 Å². The number of phosphoric acid groups is 3. The van der Waals surface area contributed by atoms with E-state index >= 15 is 0 Å². The van der Waals surface area contributed by atoms with Crippen LogP contribution < -0.4 is 21.9 Å². The van der Waals surface area contributed by atoms with Gasteiger partial charge in [0, 0.05) is 31.4 Å². The van der Waals surface area contributed by atoms with Gasteiger partial charge in [0.15, 0.2) is 17.4 Å². The van der Waals surface area contributed by atoms with Crippen molar-refractivity contribution in [1.82, 2.24) is 54.2 Å². The number of aromatic nitrogens is 9. The minimum atomic E-state index is -5.94. The van der Waals surface area contributed by atoms with Gasteiger partial charge in [0.1, 0.15) is 29.9 Å². The van der Waals surface area contributed by atoms with E-state index in [4.69, 9.17) is 41.5 Å². The van der Waals surface area contributed by atoms with Crippen LogP contribution in [0.15, 0.2) is 90.0 Å². The van der Waals surface area contributed by atoms with Gasteiger partial charge in [0.25, 0.3) is 5.56 Å². The summed E-state index contributed by atoms with van der Waals surface area (Å²) in [5.41, 5.74) is 9.85. The Hall–Kier alpha value is -7.06. The van der Waals surface area contributed by atoms with Gasteiger partial charge in [-0.15, -0.1) is 0 Å². The summed E-state index contributed by atoms with van der Waals surface area (Å²) < 4.78 is 62.2. The maximum atomic E-state index is 12.7. The molecule has 0 bridgehead atoms. The summed E-state index contributed by atoms with van der Waals surface area (Å²) in [6.45, 7) is 3.25. The van der Waals surface area contributed by atoms with E-state index in [1.165, 1.54) is 11.0 Å². The van der Waals surface area contributed by atoms with Crippen LogP contribution in [0.2, 0.25) is 5.28 Å². The van der Waals surface area contributed by atoms with Crippen LogP contribution in [0.25, 0.3) is 45.1 Å². The molecular formula is C47H54ClN14O18P3. The molecule has 8 rings (SSSR count). The Bertz CT molecular complexity index is 3680. The molecule has 1 saturated heterocycles. The minimum absolute atomic E-state index is 0.0556. The van der Waals surface area contributed by atoms with Gasteiger partial charge in [-0.05, 0) is 84.3 Å². The average molecular weight is 1230 g/mol. The number of aliphatic carboxylic acids is 2. The number of imidazole rings is 1. The van der Waals surface area contributed by atoms with Gasteiger partial charge in [0.2, 0.25) is 11.2 Å². The number of ether oxygens (including phenoxy) is 1. The highest BCUT2D eigenvalue weighted by Crippen LogP contribution is 2.67. The average Bonchev–Trinajstić information content (AvgIpc) is 2.80. The number of benzene rings is 1. The van der Waals surface area contributed by atoms with Crippen molar-refractivity contribution in [2.45, 2.75) is 51.5 Å². The van der Waals surface area contributed by atoms with Gasteiger partial charge in [-0.2, -0.15) is 13.6 Å². The normalized spacial score (nSPS) is 18.4. The zero-order valence-corrected chi connectivity index (χ0v) is 47.1. The highest BCUT2D eigenvalue weighted by Gasteiger charge is 2.47. The van der Waals surface area contributed by atoms with E-state index in [0.29, 0.717) is 40.7 Å². The van der Waals surface area contributed by atoms with Crippen LogP contribution in [0, 0.1) is 0 Å². The fourth-order valence-corrected chi connectivity index (χ4v) is 12.0. The van der Waals surface area contributed by atoms with E-state index in [-0.39, 0.29) is 47.1 Å². The largest absolute Gasteiger partial charge is 0.490 e. The molecule has 83 heavy (non-hydrogen) atoms. The van der Waals surface area contributed by atoms with Crippen molar-refractivity contribution in [2.24, 2.45) is 0 Å². The molecule has 4 unspecified atom stereocenters. The first kappa shape index (κ1) is 62.0.